The van der Waals surface area contributed by atoms with Gasteiger partial charge in [-0.25, -0.2) is 9.97 Å². The molecule has 0 aliphatic carbocycles. The molecule has 0 aromatic carbocycles. The fourth-order valence-corrected chi connectivity index (χ4v) is 1.80. The number of aromatic nitrogens is 3. The van der Waals surface area contributed by atoms with E-state index in [2.05, 4.69) is 28.1 Å². The Balaban J connectivity index is 2.32. The average Bonchev–Trinajstić information content (AvgIpc) is 2.72. The minimum atomic E-state index is 0.250. The van der Waals surface area contributed by atoms with Crippen molar-refractivity contribution in [3.8, 4) is 12.3 Å². The second-order valence-electron chi connectivity index (χ2n) is 4.04. The van der Waals surface area contributed by atoms with Crippen LogP contribution in [-0.2, 0) is 7.05 Å². The van der Waals surface area contributed by atoms with Crippen LogP contribution in [0.25, 0.3) is 11.0 Å². The molecular formula is C13H16N4. The summed E-state index contributed by atoms with van der Waals surface area (Å²) in [5.74, 6) is 3.49. The minimum Gasteiger partial charge on any atom is -0.365 e. The van der Waals surface area contributed by atoms with Crippen LogP contribution in [0.15, 0.2) is 18.6 Å². The Morgan fingerprint density at radius 1 is 1.53 bits per heavy atom. The van der Waals surface area contributed by atoms with Crippen molar-refractivity contribution in [2.45, 2.75) is 25.8 Å². The maximum absolute atomic E-state index is 5.35. The zero-order valence-electron chi connectivity index (χ0n) is 10.1. The third-order valence-electron chi connectivity index (χ3n) is 2.84. The Bertz CT molecular complexity index is 550. The first-order valence-electron chi connectivity index (χ1n) is 5.72. The number of aryl methyl sites for hydroxylation is 1. The summed E-state index contributed by atoms with van der Waals surface area (Å²) in [5.41, 5.74) is 1.96. The maximum atomic E-state index is 5.35. The smallest absolute Gasteiger partial charge is 0.154 e. The largest absolute Gasteiger partial charge is 0.365 e. The summed E-state index contributed by atoms with van der Waals surface area (Å²) >= 11 is 0. The van der Waals surface area contributed by atoms with E-state index in [9.17, 15) is 0 Å². The molecule has 0 saturated carbocycles. The Morgan fingerprint density at radius 3 is 3.06 bits per heavy atom. The molecule has 2 aromatic heterocycles. The summed E-state index contributed by atoms with van der Waals surface area (Å²) < 4.78 is 1.98. The van der Waals surface area contributed by atoms with Crippen molar-refractivity contribution in [2.24, 2.45) is 7.05 Å². The van der Waals surface area contributed by atoms with Crippen molar-refractivity contribution in [2.75, 3.05) is 5.32 Å². The molecule has 4 heteroatoms. The Kier molecular flexibility index (Phi) is 3.29. The second kappa shape index (κ2) is 4.88. The normalized spacial score (nSPS) is 12.3. The van der Waals surface area contributed by atoms with E-state index in [0.29, 0.717) is 6.42 Å². The molecule has 4 nitrogen and oxygen atoms in total. The number of nitrogens with one attached hydrogen (secondary N) is 1. The Hall–Kier alpha value is -2.02. The van der Waals surface area contributed by atoms with Crippen molar-refractivity contribution in [3.63, 3.8) is 0 Å². The minimum absolute atomic E-state index is 0.250. The highest BCUT2D eigenvalue weighted by Gasteiger charge is 2.10. The Labute approximate surface area is 101 Å². The number of imidazole rings is 1. The second-order valence-corrected chi connectivity index (χ2v) is 4.04. The van der Waals surface area contributed by atoms with E-state index in [0.717, 1.165) is 23.3 Å². The topological polar surface area (TPSA) is 42.7 Å². The molecule has 2 heterocycles. The molecule has 0 radical (unpaired) electrons. The lowest BCUT2D eigenvalue weighted by Gasteiger charge is -2.14. The molecule has 17 heavy (non-hydrogen) atoms. The lowest BCUT2D eigenvalue weighted by Crippen LogP contribution is -2.18. The van der Waals surface area contributed by atoms with E-state index >= 15 is 0 Å². The average molecular weight is 228 g/mol. The van der Waals surface area contributed by atoms with Crippen LogP contribution < -0.4 is 5.32 Å². The number of rotatable bonds is 4. The lowest BCUT2D eigenvalue weighted by molar-refractivity contribution is 0.712. The van der Waals surface area contributed by atoms with Gasteiger partial charge in [0.1, 0.15) is 5.52 Å². The number of fused-ring (bicyclic) bond motifs is 1. The Morgan fingerprint density at radius 2 is 2.35 bits per heavy atom. The molecule has 0 bridgehead atoms. The van der Waals surface area contributed by atoms with Crippen LogP contribution in [0, 0.1) is 12.3 Å². The molecule has 88 valence electrons. The van der Waals surface area contributed by atoms with Crippen LogP contribution in [0.3, 0.4) is 0 Å². The molecule has 0 amide bonds. The highest BCUT2D eigenvalue weighted by Crippen LogP contribution is 2.20. The summed E-state index contributed by atoms with van der Waals surface area (Å²) in [6.07, 6.45) is 10.6. The molecule has 0 saturated heterocycles. The third kappa shape index (κ3) is 2.23. The van der Waals surface area contributed by atoms with Crippen LogP contribution >= 0.6 is 0 Å². The summed E-state index contributed by atoms with van der Waals surface area (Å²) in [6, 6.07) is 2.20. The number of hydrogen-bond donors (Lipinski definition) is 1. The molecule has 1 unspecified atom stereocenters. The first-order valence-corrected chi connectivity index (χ1v) is 5.72. The van der Waals surface area contributed by atoms with Gasteiger partial charge in [-0.15, -0.1) is 12.3 Å². The van der Waals surface area contributed by atoms with E-state index in [1.54, 1.807) is 12.5 Å². The zero-order valence-corrected chi connectivity index (χ0v) is 10.1. The number of hydrogen-bond acceptors (Lipinski definition) is 3. The van der Waals surface area contributed by atoms with Gasteiger partial charge in [0.15, 0.2) is 5.82 Å². The predicted octanol–water partition coefficient (Wildman–Crippen LogP) is 2.18. The molecular weight excluding hydrogens is 212 g/mol. The van der Waals surface area contributed by atoms with Crippen LogP contribution in [0.5, 0.6) is 0 Å². The van der Waals surface area contributed by atoms with Gasteiger partial charge in [0.2, 0.25) is 0 Å². The number of nitrogens with zero attached hydrogens (tertiary/aromatic N) is 3. The molecule has 2 aromatic rings. The van der Waals surface area contributed by atoms with Gasteiger partial charge in [-0.3, -0.25) is 0 Å². The quantitative estimate of drug-likeness (QED) is 0.816. The van der Waals surface area contributed by atoms with E-state index < -0.39 is 0 Å². The van der Waals surface area contributed by atoms with Crippen molar-refractivity contribution >= 4 is 16.9 Å². The number of terminal acetylenes is 1. The van der Waals surface area contributed by atoms with Gasteiger partial charge in [0.25, 0.3) is 0 Å². The van der Waals surface area contributed by atoms with Gasteiger partial charge in [0, 0.05) is 25.7 Å². The SMILES string of the molecule is C#CCC(CC)Nc1nccc2c1ncn2C. The maximum Gasteiger partial charge on any atom is 0.154 e. The number of pyridine rings is 1. The van der Waals surface area contributed by atoms with Gasteiger partial charge in [-0.2, -0.15) is 0 Å². The van der Waals surface area contributed by atoms with Crippen LogP contribution in [0.1, 0.15) is 19.8 Å². The summed E-state index contributed by atoms with van der Waals surface area (Å²) in [5, 5.41) is 3.36. The van der Waals surface area contributed by atoms with E-state index in [1.807, 2.05) is 17.7 Å². The van der Waals surface area contributed by atoms with E-state index in [1.165, 1.54) is 0 Å². The van der Waals surface area contributed by atoms with Gasteiger partial charge in [0.05, 0.1) is 11.8 Å². The first-order chi connectivity index (χ1) is 8.26. The van der Waals surface area contributed by atoms with Gasteiger partial charge < -0.3 is 9.88 Å². The van der Waals surface area contributed by atoms with Gasteiger partial charge >= 0.3 is 0 Å². The lowest BCUT2D eigenvalue weighted by atomic mass is 10.1. The van der Waals surface area contributed by atoms with E-state index in [-0.39, 0.29) is 6.04 Å². The molecule has 1 N–H and O–H groups in total. The molecule has 0 aliphatic rings. The molecule has 2 rings (SSSR count). The van der Waals surface area contributed by atoms with Crippen molar-refractivity contribution in [1.82, 2.24) is 14.5 Å². The van der Waals surface area contributed by atoms with Gasteiger partial charge in [-0.1, -0.05) is 6.92 Å². The monoisotopic (exact) mass is 228 g/mol. The van der Waals surface area contributed by atoms with Crippen molar-refractivity contribution < 1.29 is 0 Å². The summed E-state index contributed by atoms with van der Waals surface area (Å²) in [4.78, 5) is 8.69. The highest BCUT2D eigenvalue weighted by atomic mass is 15.1. The predicted molar refractivity (Wildman–Crippen MR) is 69.7 cm³/mol. The molecule has 0 fully saturated rings. The summed E-state index contributed by atoms with van der Waals surface area (Å²) in [6.45, 7) is 2.10. The first kappa shape index (κ1) is 11.5. The number of anilines is 1. The molecule has 0 spiro atoms. The van der Waals surface area contributed by atoms with Crippen molar-refractivity contribution in [3.05, 3.63) is 18.6 Å². The highest BCUT2D eigenvalue weighted by molar-refractivity contribution is 5.85. The van der Waals surface area contributed by atoms with Crippen LogP contribution in [-0.4, -0.2) is 20.6 Å². The van der Waals surface area contributed by atoms with Crippen LogP contribution in [0.4, 0.5) is 5.82 Å². The van der Waals surface area contributed by atoms with Gasteiger partial charge in [-0.05, 0) is 12.5 Å². The van der Waals surface area contributed by atoms with Crippen molar-refractivity contribution in [1.29, 1.82) is 0 Å². The molecule has 0 aliphatic heterocycles. The van der Waals surface area contributed by atoms with E-state index in [4.69, 9.17) is 6.42 Å². The third-order valence-corrected chi connectivity index (χ3v) is 2.84. The van der Waals surface area contributed by atoms with Crippen LogP contribution in [0.2, 0.25) is 0 Å². The fraction of sp³-hybridized carbons (Fsp3) is 0.385. The fourth-order valence-electron chi connectivity index (χ4n) is 1.80. The molecule has 1 atom stereocenters. The standard InChI is InChI=1S/C13H16N4/c1-4-6-10(5-2)16-13-12-11(7-8-14-13)17(3)9-15-12/h1,7-10H,5-6H2,2-3H3,(H,14,16). The zero-order chi connectivity index (χ0) is 12.3. The summed E-state index contributed by atoms with van der Waals surface area (Å²) in [7, 11) is 1.97.